The molecule has 0 bridgehead atoms. The lowest BCUT2D eigenvalue weighted by Gasteiger charge is -2.11. The molecule has 0 radical (unpaired) electrons. The second-order valence-corrected chi connectivity index (χ2v) is 9.55. The third-order valence-corrected chi connectivity index (χ3v) is 7.33. The fourth-order valence-corrected chi connectivity index (χ4v) is 5.47. The number of nitrogens with zero attached hydrogens (tertiary/aromatic N) is 3. The highest BCUT2D eigenvalue weighted by Gasteiger charge is 2.16. The molecule has 0 spiro atoms. The summed E-state index contributed by atoms with van der Waals surface area (Å²) in [5.41, 5.74) is 7.32. The van der Waals surface area contributed by atoms with Gasteiger partial charge in [-0.1, -0.05) is 91.0 Å². The molecule has 0 saturated heterocycles. The molecular weight excluding hydrogens is 450 g/mol. The van der Waals surface area contributed by atoms with E-state index in [1.807, 2.05) is 6.07 Å². The van der Waals surface area contributed by atoms with Crippen molar-refractivity contribution in [1.29, 1.82) is 0 Å². The minimum Gasteiger partial charge on any atom is -0.276 e. The van der Waals surface area contributed by atoms with Gasteiger partial charge in [0.25, 0.3) is 0 Å². The Kier molecular flexibility index (Phi) is 4.23. The Morgan fingerprint density at radius 1 is 0.432 bits per heavy atom. The highest BCUT2D eigenvalue weighted by Crippen LogP contribution is 2.33. The Morgan fingerprint density at radius 2 is 1.03 bits per heavy atom. The van der Waals surface area contributed by atoms with Gasteiger partial charge in [-0.3, -0.25) is 4.40 Å². The van der Waals surface area contributed by atoms with Crippen molar-refractivity contribution in [2.45, 2.75) is 0 Å². The molecular formula is C34H21N3. The van der Waals surface area contributed by atoms with Crippen molar-refractivity contribution >= 4 is 49.1 Å². The Bertz CT molecular complexity index is 2150. The summed E-state index contributed by atoms with van der Waals surface area (Å²) in [5, 5.41) is 5.95. The van der Waals surface area contributed by atoms with Gasteiger partial charge in [0.2, 0.25) is 0 Å². The lowest BCUT2D eigenvalue weighted by molar-refractivity contribution is 1.16. The zero-order chi connectivity index (χ0) is 24.3. The maximum absolute atomic E-state index is 5.21. The summed E-state index contributed by atoms with van der Waals surface area (Å²) in [6.45, 7) is 0. The average molecular weight is 472 g/mol. The molecule has 0 unspecified atom stereocenters. The number of hydrogen-bond acceptors (Lipinski definition) is 2. The summed E-state index contributed by atoms with van der Waals surface area (Å²) in [6.07, 6.45) is 0. The Morgan fingerprint density at radius 3 is 1.81 bits per heavy atom. The van der Waals surface area contributed by atoms with Crippen LogP contribution < -0.4 is 0 Å². The fourth-order valence-electron chi connectivity index (χ4n) is 5.47. The molecule has 8 aromatic rings. The lowest BCUT2D eigenvalue weighted by Crippen LogP contribution is -1.98. The Labute approximate surface area is 213 Å². The molecule has 3 heteroatoms. The van der Waals surface area contributed by atoms with E-state index in [0.29, 0.717) is 0 Å². The standard InChI is InChI=1S/C34H21N3/c1-3-9-24-19-26(15-13-22(24)7-1)27-17-18-30-29(21-27)34-36-31-11-5-6-12-32(31)37(34)33(35-30)28-16-14-23-8-2-4-10-25(23)20-28/h1-21H. The number of para-hydroxylation sites is 2. The first kappa shape index (κ1) is 20.2. The van der Waals surface area contributed by atoms with E-state index >= 15 is 0 Å². The Balaban J connectivity index is 1.42. The summed E-state index contributed by atoms with van der Waals surface area (Å²) in [6, 6.07) is 45.0. The molecule has 0 aliphatic carbocycles. The van der Waals surface area contributed by atoms with Crippen LogP contribution in [-0.2, 0) is 0 Å². The number of rotatable bonds is 2. The average Bonchev–Trinajstić information content (AvgIpc) is 3.36. The van der Waals surface area contributed by atoms with Crippen LogP contribution in [0.25, 0.3) is 71.6 Å². The van der Waals surface area contributed by atoms with Crippen molar-refractivity contribution in [2.24, 2.45) is 0 Å². The molecule has 0 aliphatic rings. The van der Waals surface area contributed by atoms with Gasteiger partial charge in [0.15, 0.2) is 0 Å². The second-order valence-electron chi connectivity index (χ2n) is 9.55. The molecule has 0 fully saturated rings. The van der Waals surface area contributed by atoms with E-state index in [4.69, 9.17) is 9.97 Å². The van der Waals surface area contributed by atoms with Crippen LogP contribution in [0.2, 0.25) is 0 Å². The van der Waals surface area contributed by atoms with E-state index in [9.17, 15) is 0 Å². The molecule has 8 rings (SSSR count). The molecule has 0 saturated carbocycles. The van der Waals surface area contributed by atoms with Crippen LogP contribution >= 0.6 is 0 Å². The van der Waals surface area contributed by atoms with E-state index in [1.165, 1.54) is 27.1 Å². The van der Waals surface area contributed by atoms with Crippen molar-refractivity contribution in [3.8, 4) is 22.5 Å². The number of benzene rings is 6. The molecule has 0 N–H and O–H groups in total. The van der Waals surface area contributed by atoms with E-state index in [2.05, 4.69) is 126 Å². The molecule has 6 aromatic carbocycles. The number of hydrogen-bond donors (Lipinski definition) is 0. The van der Waals surface area contributed by atoms with Gasteiger partial charge in [0.05, 0.1) is 16.6 Å². The summed E-state index contributed by atoms with van der Waals surface area (Å²) in [4.78, 5) is 10.3. The molecule has 172 valence electrons. The minimum absolute atomic E-state index is 0.903. The molecule has 2 aromatic heterocycles. The highest BCUT2D eigenvalue weighted by atomic mass is 15.1. The smallest absolute Gasteiger partial charge is 0.149 e. The second kappa shape index (κ2) is 7.74. The number of imidazole rings is 1. The van der Waals surface area contributed by atoms with Gasteiger partial charge in [-0.15, -0.1) is 0 Å². The molecule has 0 aliphatic heterocycles. The zero-order valence-electron chi connectivity index (χ0n) is 20.0. The van der Waals surface area contributed by atoms with Crippen molar-refractivity contribution in [3.63, 3.8) is 0 Å². The summed E-state index contributed by atoms with van der Waals surface area (Å²) >= 11 is 0. The van der Waals surface area contributed by atoms with Gasteiger partial charge in [-0.05, 0) is 69.1 Å². The van der Waals surface area contributed by atoms with E-state index in [1.54, 1.807) is 0 Å². The molecule has 3 nitrogen and oxygen atoms in total. The van der Waals surface area contributed by atoms with Crippen molar-refractivity contribution in [2.75, 3.05) is 0 Å². The largest absolute Gasteiger partial charge is 0.276 e. The first-order valence-electron chi connectivity index (χ1n) is 12.5. The third kappa shape index (κ3) is 3.14. The van der Waals surface area contributed by atoms with Crippen molar-refractivity contribution in [1.82, 2.24) is 14.4 Å². The van der Waals surface area contributed by atoms with Gasteiger partial charge in [-0.25, -0.2) is 9.97 Å². The van der Waals surface area contributed by atoms with Gasteiger partial charge < -0.3 is 0 Å². The van der Waals surface area contributed by atoms with Crippen LogP contribution in [0.15, 0.2) is 127 Å². The fraction of sp³-hybridized carbons (Fsp3) is 0. The summed E-state index contributed by atoms with van der Waals surface area (Å²) in [5.74, 6) is 0.903. The monoisotopic (exact) mass is 471 g/mol. The maximum atomic E-state index is 5.21. The summed E-state index contributed by atoms with van der Waals surface area (Å²) in [7, 11) is 0. The minimum atomic E-state index is 0.903. The quantitative estimate of drug-likeness (QED) is 0.252. The van der Waals surface area contributed by atoms with E-state index in [-0.39, 0.29) is 0 Å². The number of fused-ring (bicyclic) bond motifs is 7. The van der Waals surface area contributed by atoms with E-state index < -0.39 is 0 Å². The molecule has 2 heterocycles. The van der Waals surface area contributed by atoms with Gasteiger partial charge in [0.1, 0.15) is 11.5 Å². The number of aromatic nitrogens is 3. The molecule has 37 heavy (non-hydrogen) atoms. The predicted octanol–water partition coefficient (Wildman–Crippen LogP) is 8.68. The van der Waals surface area contributed by atoms with Crippen LogP contribution in [0.1, 0.15) is 0 Å². The first-order chi connectivity index (χ1) is 18.3. The molecule has 0 amide bonds. The first-order valence-corrected chi connectivity index (χ1v) is 12.5. The van der Waals surface area contributed by atoms with Crippen molar-refractivity contribution < 1.29 is 0 Å². The van der Waals surface area contributed by atoms with E-state index in [0.717, 1.165) is 44.5 Å². The highest BCUT2D eigenvalue weighted by molar-refractivity contribution is 6.01. The maximum Gasteiger partial charge on any atom is 0.149 e. The third-order valence-electron chi connectivity index (χ3n) is 7.33. The van der Waals surface area contributed by atoms with Crippen LogP contribution in [0, 0.1) is 0 Å². The Hall–Kier alpha value is -5.02. The van der Waals surface area contributed by atoms with Gasteiger partial charge >= 0.3 is 0 Å². The topological polar surface area (TPSA) is 30.2 Å². The zero-order valence-corrected chi connectivity index (χ0v) is 20.0. The van der Waals surface area contributed by atoms with Gasteiger partial charge in [-0.2, -0.15) is 0 Å². The van der Waals surface area contributed by atoms with Crippen LogP contribution in [-0.4, -0.2) is 14.4 Å². The van der Waals surface area contributed by atoms with Crippen molar-refractivity contribution in [3.05, 3.63) is 127 Å². The van der Waals surface area contributed by atoms with Crippen LogP contribution in [0.3, 0.4) is 0 Å². The van der Waals surface area contributed by atoms with Gasteiger partial charge in [0, 0.05) is 10.9 Å². The summed E-state index contributed by atoms with van der Waals surface area (Å²) < 4.78 is 2.21. The predicted molar refractivity (Wildman–Crippen MR) is 154 cm³/mol. The normalized spacial score (nSPS) is 11.8. The van der Waals surface area contributed by atoms with Crippen LogP contribution in [0.4, 0.5) is 0 Å². The lowest BCUT2D eigenvalue weighted by atomic mass is 10.00. The SMILES string of the molecule is c1ccc2cc(-c3ccc4nc(-c5ccc6ccccc6c5)n5c6ccccc6nc5c4c3)ccc2c1. The molecule has 0 atom stereocenters. The van der Waals surface area contributed by atoms with Crippen LogP contribution in [0.5, 0.6) is 0 Å².